The van der Waals surface area contributed by atoms with Crippen LogP contribution in [0, 0.1) is 0 Å². The Bertz CT molecular complexity index is 981. The van der Waals surface area contributed by atoms with Gasteiger partial charge in [0.15, 0.2) is 6.61 Å². The van der Waals surface area contributed by atoms with Gasteiger partial charge in [0.05, 0.1) is 4.88 Å². The molecular formula is C24H24N2O3S. The van der Waals surface area contributed by atoms with E-state index < -0.39 is 0 Å². The van der Waals surface area contributed by atoms with E-state index in [1.165, 1.54) is 16.9 Å². The van der Waals surface area contributed by atoms with Crippen LogP contribution in [0.15, 0.2) is 72.1 Å². The van der Waals surface area contributed by atoms with Crippen LogP contribution in [0.25, 0.3) is 0 Å². The summed E-state index contributed by atoms with van der Waals surface area (Å²) in [7, 11) is 0. The minimum absolute atomic E-state index is 0.00464. The van der Waals surface area contributed by atoms with Crippen LogP contribution in [0.2, 0.25) is 0 Å². The molecule has 30 heavy (non-hydrogen) atoms. The van der Waals surface area contributed by atoms with Crippen molar-refractivity contribution in [1.29, 1.82) is 0 Å². The van der Waals surface area contributed by atoms with E-state index in [4.69, 9.17) is 4.74 Å². The molecule has 3 aromatic rings. The maximum absolute atomic E-state index is 12.6. The molecule has 1 aliphatic rings. The number of thiophene rings is 1. The van der Waals surface area contributed by atoms with Crippen LogP contribution in [0.4, 0.5) is 0 Å². The minimum Gasteiger partial charge on any atom is -0.483 e. The normalized spacial score (nSPS) is 13.9. The van der Waals surface area contributed by atoms with Gasteiger partial charge in [-0.15, -0.1) is 11.3 Å². The molecule has 6 heteroatoms. The smallest absolute Gasteiger partial charge is 0.264 e. The molecule has 0 radical (unpaired) electrons. The van der Waals surface area contributed by atoms with Gasteiger partial charge in [0.1, 0.15) is 5.75 Å². The van der Waals surface area contributed by atoms with Gasteiger partial charge in [-0.3, -0.25) is 9.59 Å². The maximum atomic E-state index is 12.6. The van der Waals surface area contributed by atoms with Gasteiger partial charge < -0.3 is 14.5 Å². The maximum Gasteiger partial charge on any atom is 0.264 e. The van der Waals surface area contributed by atoms with Crippen LogP contribution < -0.4 is 4.74 Å². The number of carbonyl (C=O) groups excluding carboxylic acids is 2. The Morgan fingerprint density at radius 1 is 0.833 bits per heavy atom. The summed E-state index contributed by atoms with van der Waals surface area (Å²) in [5.74, 6) is 0.733. The molecule has 0 unspecified atom stereocenters. The zero-order valence-corrected chi connectivity index (χ0v) is 17.5. The molecule has 1 aromatic heterocycles. The number of ether oxygens (including phenoxy) is 1. The zero-order valence-electron chi connectivity index (χ0n) is 16.7. The van der Waals surface area contributed by atoms with E-state index in [0.29, 0.717) is 26.2 Å². The van der Waals surface area contributed by atoms with Crippen LogP contribution >= 0.6 is 11.3 Å². The number of nitrogens with zero attached hydrogens (tertiary/aromatic N) is 2. The minimum atomic E-state index is -0.0484. The SMILES string of the molecule is O=C(COc1ccccc1Cc1ccccc1)N1CCN(C(=O)c2cccs2)CC1. The van der Waals surface area contributed by atoms with E-state index in [9.17, 15) is 9.59 Å². The van der Waals surface area contributed by atoms with E-state index in [-0.39, 0.29) is 18.4 Å². The number of hydrogen-bond donors (Lipinski definition) is 0. The Labute approximate surface area is 180 Å². The van der Waals surface area contributed by atoms with Crippen LogP contribution in [-0.2, 0) is 11.2 Å². The monoisotopic (exact) mass is 420 g/mol. The first-order chi connectivity index (χ1) is 14.7. The molecule has 0 spiro atoms. The fourth-order valence-electron chi connectivity index (χ4n) is 3.55. The highest BCUT2D eigenvalue weighted by atomic mass is 32.1. The Hall–Kier alpha value is -3.12. The molecule has 0 aliphatic carbocycles. The summed E-state index contributed by atoms with van der Waals surface area (Å²) in [5, 5.41) is 1.90. The van der Waals surface area contributed by atoms with Gasteiger partial charge in [-0.2, -0.15) is 0 Å². The van der Waals surface area contributed by atoms with E-state index in [1.54, 1.807) is 4.90 Å². The van der Waals surface area contributed by atoms with Crippen molar-refractivity contribution < 1.29 is 14.3 Å². The summed E-state index contributed by atoms with van der Waals surface area (Å²) in [4.78, 5) is 29.4. The van der Waals surface area contributed by atoms with Crippen molar-refractivity contribution in [3.05, 3.63) is 88.1 Å². The molecule has 1 aliphatic heterocycles. The van der Waals surface area contributed by atoms with Crippen LogP contribution in [-0.4, -0.2) is 54.4 Å². The number of carbonyl (C=O) groups is 2. The Morgan fingerprint density at radius 2 is 1.53 bits per heavy atom. The molecule has 2 heterocycles. The number of benzene rings is 2. The second-order valence-electron chi connectivity index (χ2n) is 7.21. The lowest BCUT2D eigenvalue weighted by atomic mass is 10.0. The van der Waals surface area contributed by atoms with E-state index in [1.807, 2.05) is 64.9 Å². The fourth-order valence-corrected chi connectivity index (χ4v) is 4.24. The lowest BCUT2D eigenvalue weighted by Crippen LogP contribution is -2.51. The van der Waals surface area contributed by atoms with Crippen molar-refractivity contribution in [2.45, 2.75) is 6.42 Å². The Kier molecular flexibility index (Phi) is 6.44. The topological polar surface area (TPSA) is 49.9 Å². The van der Waals surface area contributed by atoms with Crippen LogP contribution in [0.3, 0.4) is 0 Å². The number of amides is 2. The lowest BCUT2D eigenvalue weighted by Gasteiger charge is -2.34. The number of para-hydroxylation sites is 1. The van der Waals surface area contributed by atoms with Gasteiger partial charge in [0.25, 0.3) is 11.8 Å². The third kappa shape index (κ3) is 4.89. The summed E-state index contributed by atoms with van der Waals surface area (Å²) in [6, 6.07) is 21.8. The molecule has 154 valence electrons. The van der Waals surface area contributed by atoms with Gasteiger partial charge >= 0.3 is 0 Å². The van der Waals surface area contributed by atoms with Crippen molar-refractivity contribution in [2.75, 3.05) is 32.8 Å². The number of rotatable bonds is 6. The van der Waals surface area contributed by atoms with Crippen molar-refractivity contribution in [1.82, 2.24) is 9.80 Å². The van der Waals surface area contributed by atoms with Gasteiger partial charge in [-0.25, -0.2) is 0 Å². The average molecular weight is 421 g/mol. The molecule has 5 nitrogen and oxygen atoms in total. The average Bonchev–Trinajstić information content (AvgIpc) is 3.34. The first kappa shape index (κ1) is 20.2. The summed E-state index contributed by atoms with van der Waals surface area (Å²) in [6.45, 7) is 2.17. The zero-order chi connectivity index (χ0) is 20.8. The third-order valence-corrected chi connectivity index (χ3v) is 6.07. The Morgan fingerprint density at radius 3 is 2.27 bits per heavy atom. The summed E-state index contributed by atoms with van der Waals surface area (Å²) < 4.78 is 5.89. The van der Waals surface area contributed by atoms with Crippen LogP contribution in [0.5, 0.6) is 5.75 Å². The largest absolute Gasteiger partial charge is 0.483 e. The van der Waals surface area contributed by atoms with Gasteiger partial charge in [0, 0.05) is 32.6 Å². The summed E-state index contributed by atoms with van der Waals surface area (Å²) in [6.07, 6.45) is 0.759. The lowest BCUT2D eigenvalue weighted by molar-refractivity contribution is -0.134. The van der Waals surface area contributed by atoms with E-state index in [2.05, 4.69) is 12.1 Å². The van der Waals surface area contributed by atoms with Crippen LogP contribution in [0.1, 0.15) is 20.8 Å². The highest BCUT2D eigenvalue weighted by molar-refractivity contribution is 7.12. The molecule has 0 bridgehead atoms. The molecule has 0 atom stereocenters. The quantitative estimate of drug-likeness (QED) is 0.611. The Balaban J connectivity index is 1.30. The molecule has 4 rings (SSSR count). The predicted octanol–water partition coefficient (Wildman–Crippen LogP) is 3.70. The van der Waals surface area contributed by atoms with Gasteiger partial charge in [0.2, 0.25) is 0 Å². The standard InChI is InChI=1S/C24H24N2O3S/c27-23(25-12-14-26(15-13-25)24(28)22-11-6-16-30-22)18-29-21-10-5-4-9-20(21)17-19-7-2-1-3-8-19/h1-11,16H,12-15,17-18H2. The van der Waals surface area contributed by atoms with E-state index >= 15 is 0 Å². The van der Waals surface area contributed by atoms with Gasteiger partial charge in [-0.1, -0.05) is 54.6 Å². The highest BCUT2D eigenvalue weighted by Gasteiger charge is 2.25. The predicted molar refractivity (Wildman–Crippen MR) is 118 cm³/mol. The van der Waals surface area contributed by atoms with Crippen molar-refractivity contribution >= 4 is 23.2 Å². The number of piperazine rings is 1. The molecular weight excluding hydrogens is 396 g/mol. The molecule has 2 aromatic carbocycles. The molecule has 0 N–H and O–H groups in total. The molecule has 2 amide bonds. The second kappa shape index (κ2) is 9.59. The summed E-state index contributed by atoms with van der Waals surface area (Å²) in [5.41, 5.74) is 2.26. The van der Waals surface area contributed by atoms with E-state index in [0.717, 1.165) is 22.6 Å². The summed E-state index contributed by atoms with van der Waals surface area (Å²) >= 11 is 1.45. The second-order valence-corrected chi connectivity index (χ2v) is 8.16. The van der Waals surface area contributed by atoms with Crippen molar-refractivity contribution in [2.24, 2.45) is 0 Å². The fraction of sp³-hybridized carbons (Fsp3) is 0.250. The van der Waals surface area contributed by atoms with Crippen molar-refractivity contribution in [3.8, 4) is 5.75 Å². The number of hydrogen-bond acceptors (Lipinski definition) is 4. The molecule has 0 saturated carbocycles. The molecule has 1 saturated heterocycles. The molecule has 1 fully saturated rings. The third-order valence-electron chi connectivity index (χ3n) is 5.21. The first-order valence-electron chi connectivity index (χ1n) is 10.1. The first-order valence-corrected chi connectivity index (χ1v) is 10.9. The van der Waals surface area contributed by atoms with Crippen molar-refractivity contribution in [3.63, 3.8) is 0 Å². The highest BCUT2D eigenvalue weighted by Crippen LogP contribution is 2.22. The van der Waals surface area contributed by atoms with Gasteiger partial charge in [-0.05, 0) is 28.6 Å².